The summed E-state index contributed by atoms with van der Waals surface area (Å²) in [7, 11) is 0. The van der Waals surface area contributed by atoms with Gasteiger partial charge in [-0.3, -0.25) is 9.20 Å². The Kier molecular flexibility index (Phi) is 3.98. The third-order valence-corrected chi connectivity index (χ3v) is 5.18. The third kappa shape index (κ3) is 2.90. The van der Waals surface area contributed by atoms with Gasteiger partial charge in [0.15, 0.2) is 0 Å². The summed E-state index contributed by atoms with van der Waals surface area (Å²) in [6.07, 6.45) is 2.78. The van der Waals surface area contributed by atoms with Gasteiger partial charge in [0.2, 0.25) is 0 Å². The van der Waals surface area contributed by atoms with E-state index in [1.165, 1.54) is 4.40 Å². The SMILES string of the molecule is O=c1cc(N2CCC(O)(c3ccccc3Cl)CC2)nc2ccccn12. The summed E-state index contributed by atoms with van der Waals surface area (Å²) in [4.78, 5) is 18.9. The number of anilines is 1. The van der Waals surface area contributed by atoms with Gasteiger partial charge in [-0.2, -0.15) is 0 Å². The predicted octanol–water partition coefficient (Wildman–Crippen LogP) is 2.84. The zero-order chi connectivity index (χ0) is 17.4. The van der Waals surface area contributed by atoms with Crippen LogP contribution < -0.4 is 10.5 Å². The van der Waals surface area contributed by atoms with Crippen LogP contribution in [0.15, 0.2) is 59.5 Å². The predicted molar refractivity (Wildman–Crippen MR) is 98.3 cm³/mol. The summed E-state index contributed by atoms with van der Waals surface area (Å²) >= 11 is 6.26. The number of nitrogens with zero attached hydrogens (tertiary/aromatic N) is 3. The molecule has 1 aliphatic heterocycles. The van der Waals surface area contributed by atoms with Crippen molar-refractivity contribution in [3.8, 4) is 0 Å². The van der Waals surface area contributed by atoms with E-state index in [2.05, 4.69) is 4.98 Å². The van der Waals surface area contributed by atoms with Crippen molar-refractivity contribution in [1.82, 2.24) is 9.38 Å². The molecule has 1 fully saturated rings. The van der Waals surface area contributed by atoms with Crippen LogP contribution >= 0.6 is 11.6 Å². The highest BCUT2D eigenvalue weighted by molar-refractivity contribution is 6.31. The molecule has 5 nitrogen and oxygen atoms in total. The number of aromatic nitrogens is 2. The van der Waals surface area contributed by atoms with Gasteiger partial charge < -0.3 is 10.0 Å². The number of hydrogen-bond acceptors (Lipinski definition) is 4. The van der Waals surface area contributed by atoms with E-state index in [-0.39, 0.29) is 5.56 Å². The molecule has 0 bridgehead atoms. The summed E-state index contributed by atoms with van der Waals surface area (Å²) in [6.45, 7) is 1.22. The van der Waals surface area contributed by atoms with Crippen LogP contribution in [0.1, 0.15) is 18.4 Å². The van der Waals surface area contributed by atoms with Gasteiger partial charge in [0.25, 0.3) is 5.56 Å². The van der Waals surface area contributed by atoms with Gasteiger partial charge in [-0.15, -0.1) is 0 Å². The topological polar surface area (TPSA) is 57.8 Å². The van der Waals surface area contributed by atoms with Crippen molar-refractivity contribution in [2.75, 3.05) is 18.0 Å². The van der Waals surface area contributed by atoms with E-state index in [1.807, 2.05) is 35.2 Å². The van der Waals surface area contributed by atoms with E-state index in [0.29, 0.717) is 42.4 Å². The third-order valence-electron chi connectivity index (χ3n) is 4.85. The van der Waals surface area contributed by atoms with Crippen LogP contribution in [0.25, 0.3) is 5.65 Å². The molecular weight excluding hydrogens is 338 g/mol. The Morgan fingerprint density at radius 1 is 1.08 bits per heavy atom. The smallest absolute Gasteiger partial charge is 0.259 e. The zero-order valence-electron chi connectivity index (χ0n) is 13.6. The molecule has 128 valence electrons. The highest BCUT2D eigenvalue weighted by Gasteiger charge is 2.35. The number of rotatable bonds is 2. The number of piperidine rings is 1. The molecule has 25 heavy (non-hydrogen) atoms. The Balaban J connectivity index is 1.60. The van der Waals surface area contributed by atoms with Crippen molar-refractivity contribution in [3.63, 3.8) is 0 Å². The molecule has 0 radical (unpaired) electrons. The monoisotopic (exact) mass is 355 g/mol. The van der Waals surface area contributed by atoms with E-state index < -0.39 is 5.60 Å². The molecule has 4 rings (SSSR count). The molecule has 6 heteroatoms. The maximum absolute atomic E-state index is 12.3. The molecule has 1 aliphatic rings. The number of fused-ring (bicyclic) bond motifs is 1. The van der Waals surface area contributed by atoms with Gasteiger partial charge in [0, 0.05) is 35.9 Å². The summed E-state index contributed by atoms with van der Waals surface area (Å²) < 4.78 is 1.52. The van der Waals surface area contributed by atoms with Crippen LogP contribution in [-0.2, 0) is 5.60 Å². The van der Waals surface area contributed by atoms with E-state index in [1.54, 1.807) is 24.4 Å². The van der Waals surface area contributed by atoms with Crippen molar-refractivity contribution in [2.45, 2.75) is 18.4 Å². The number of halogens is 1. The Morgan fingerprint density at radius 2 is 1.80 bits per heavy atom. The lowest BCUT2D eigenvalue weighted by Crippen LogP contribution is -2.43. The highest BCUT2D eigenvalue weighted by Crippen LogP contribution is 2.37. The van der Waals surface area contributed by atoms with Crippen molar-refractivity contribution >= 4 is 23.1 Å². The van der Waals surface area contributed by atoms with Crippen LogP contribution in [-0.4, -0.2) is 27.6 Å². The molecule has 0 unspecified atom stereocenters. The lowest BCUT2D eigenvalue weighted by molar-refractivity contribution is 0.0118. The second-order valence-electron chi connectivity index (χ2n) is 6.38. The van der Waals surface area contributed by atoms with Gasteiger partial charge >= 0.3 is 0 Å². The number of benzene rings is 1. The molecule has 1 saturated heterocycles. The fourth-order valence-electron chi connectivity index (χ4n) is 3.42. The molecule has 0 aliphatic carbocycles. The van der Waals surface area contributed by atoms with Gasteiger partial charge in [-0.05, 0) is 31.0 Å². The standard InChI is InChI=1S/C19H18ClN3O2/c20-15-6-2-1-5-14(15)19(25)8-11-22(12-9-19)17-13-18(24)23-10-4-3-7-16(23)21-17/h1-7,10,13,25H,8-9,11-12H2. The van der Waals surface area contributed by atoms with Crippen LogP contribution in [0.2, 0.25) is 5.02 Å². The number of aliphatic hydroxyl groups is 1. The number of hydrogen-bond donors (Lipinski definition) is 1. The molecule has 1 N–H and O–H groups in total. The average Bonchev–Trinajstić information content (AvgIpc) is 2.62. The normalized spacial score (nSPS) is 17.0. The largest absolute Gasteiger partial charge is 0.385 e. The molecule has 0 atom stereocenters. The van der Waals surface area contributed by atoms with E-state index in [9.17, 15) is 9.90 Å². The highest BCUT2D eigenvalue weighted by atomic mass is 35.5. The van der Waals surface area contributed by atoms with Crippen LogP contribution in [0.3, 0.4) is 0 Å². The van der Waals surface area contributed by atoms with Crippen molar-refractivity contribution in [1.29, 1.82) is 0 Å². The Labute approximate surface area is 150 Å². The Morgan fingerprint density at radius 3 is 2.56 bits per heavy atom. The number of pyridine rings is 1. The maximum Gasteiger partial charge on any atom is 0.259 e. The Bertz CT molecular complexity index is 978. The zero-order valence-corrected chi connectivity index (χ0v) is 14.4. The first-order valence-electron chi connectivity index (χ1n) is 8.28. The van der Waals surface area contributed by atoms with Gasteiger partial charge in [-0.25, -0.2) is 4.98 Å². The van der Waals surface area contributed by atoms with Gasteiger partial charge in [-0.1, -0.05) is 35.9 Å². The van der Waals surface area contributed by atoms with E-state index >= 15 is 0 Å². The fourth-order valence-corrected chi connectivity index (χ4v) is 3.73. The minimum atomic E-state index is -0.944. The van der Waals surface area contributed by atoms with Crippen LogP contribution in [0.4, 0.5) is 5.82 Å². The van der Waals surface area contributed by atoms with Crippen LogP contribution in [0.5, 0.6) is 0 Å². The second kappa shape index (κ2) is 6.17. The van der Waals surface area contributed by atoms with Crippen molar-refractivity contribution in [2.24, 2.45) is 0 Å². The summed E-state index contributed by atoms with van der Waals surface area (Å²) in [5, 5.41) is 11.6. The lowest BCUT2D eigenvalue weighted by atomic mass is 9.84. The Hall–Kier alpha value is -2.37. The first kappa shape index (κ1) is 16.1. The lowest BCUT2D eigenvalue weighted by Gasteiger charge is -2.39. The molecule has 3 heterocycles. The quantitative estimate of drug-likeness (QED) is 0.768. The summed E-state index contributed by atoms with van der Waals surface area (Å²) in [6, 6.07) is 14.4. The van der Waals surface area contributed by atoms with Gasteiger partial charge in [0.1, 0.15) is 11.5 Å². The summed E-state index contributed by atoms with van der Waals surface area (Å²) in [5.41, 5.74) is 0.341. The minimum absolute atomic E-state index is 0.104. The second-order valence-corrected chi connectivity index (χ2v) is 6.79. The van der Waals surface area contributed by atoms with E-state index in [4.69, 9.17) is 11.6 Å². The summed E-state index contributed by atoms with van der Waals surface area (Å²) in [5.74, 6) is 0.650. The molecule has 2 aromatic heterocycles. The van der Waals surface area contributed by atoms with Crippen LogP contribution in [0, 0.1) is 0 Å². The molecule has 0 amide bonds. The van der Waals surface area contributed by atoms with Gasteiger partial charge in [0.05, 0.1) is 5.60 Å². The molecule has 0 spiro atoms. The average molecular weight is 356 g/mol. The molecular formula is C19H18ClN3O2. The molecule has 0 saturated carbocycles. The van der Waals surface area contributed by atoms with E-state index in [0.717, 1.165) is 5.56 Å². The fraction of sp³-hybridized carbons (Fsp3) is 0.263. The molecule has 1 aromatic carbocycles. The minimum Gasteiger partial charge on any atom is -0.385 e. The van der Waals surface area contributed by atoms with Crippen molar-refractivity contribution in [3.05, 3.63) is 75.7 Å². The first-order chi connectivity index (χ1) is 12.1. The first-order valence-corrected chi connectivity index (χ1v) is 8.65. The molecule has 3 aromatic rings. The maximum atomic E-state index is 12.3. The van der Waals surface area contributed by atoms with Crippen molar-refractivity contribution < 1.29 is 5.11 Å².